The van der Waals surface area contributed by atoms with Crippen molar-refractivity contribution in [1.82, 2.24) is 5.32 Å². The van der Waals surface area contributed by atoms with Crippen LogP contribution in [0.5, 0.6) is 0 Å². The normalized spacial score (nSPS) is 18.5. The molecule has 0 heterocycles. The van der Waals surface area contributed by atoms with E-state index in [1.54, 1.807) is 0 Å². The van der Waals surface area contributed by atoms with Gasteiger partial charge in [0, 0.05) is 0 Å². The summed E-state index contributed by atoms with van der Waals surface area (Å²) < 4.78 is 5.14. The largest absolute Gasteiger partial charge is 0.444 e. The van der Waals surface area contributed by atoms with E-state index in [1.165, 1.54) is 6.42 Å². The van der Waals surface area contributed by atoms with Gasteiger partial charge in [0.05, 0.1) is 6.04 Å². The minimum absolute atomic E-state index is 0.173. The third-order valence-electron chi connectivity index (χ3n) is 2.47. The van der Waals surface area contributed by atoms with Crippen molar-refractivity contribution >= 4 is 6.09 Å². The Labute approximate surface area is 91.6 Å². The third-order valence-corrected chi connectivity index (χ3v) is 2.47. The van der Waals surface area contributed by atoms with E-state index in [1.807, 2.05) is 20.8 Å². The zero-order chi connectivity index (χ0) is 11.5. The summed E-state index contributed by atoms with van der Waals surface area (Å²) in [5, 5.41) is 2.73. The lowest BCUT2D eigenvalue weighted by atomic mass is 9.80. The number of alkyl carbamates (subject to hydrolysis) is 1. The first-order chi connectivity index (χ1) is 6.92. The Balaban J connectivity index is 2.38. The Bertz CT molecular complexity index is 268. The van der Waals surface area contributed by atoms with Gasteiger partial charge in [-0.1, -0.05) is 12.3 Å². The lowest BCUT2D eigenvalue weighted by Gasteiger charge is -2.31. The molecule has 1 amide bonds. The van der Waals surface area contributed by atoms with Crippen molar-refractivity contribution in [2.45, 2.75) is 51.7 Å². The Morgan fingerprint density at radius 2 is 2.13 bits per heavy atom. The number of carbonyl (C=O) groups is 1. The molecule has 0 aliphatic heterocycles. The molecule has 0 unspecified atom stereocenters. The number of nitrogens with one attached hydrogen (secondary N) is 1. The molecular weight excluding hydrogens is 190 g/mol. The number of terminal acetylenes is 1. The molecule has 0 saturated heterocycles. The van der Waals surface area contributed by atoms with Crippen LogP contribution in [0.15, 0.2) is 0 Å². The molecule has 1 N–H and O–H groups in total. The van der Waals surface area contributed by atoms with E-state index in [2.05, 4.69) is 11.2 Å². The lowest BCUT2D eigenvalue weighted by molar-refractivity contribution is 0.0489. The summed E-state index contributed by atoms with van der Waals surface area (Å²) in [5.41, 5.74) is -0.469. The molecule has 0 spiro atoms. The summed E-state index contributed by atoms with van der Waals surface area (Å²) in [6.07, 6.45) is 8.37. The summed E-state index contributed by atoms with van der Waals surface area (Å²) >= 11 is 0. The molecular formula is C12H19NO2. The molecule has 1 aliphatic rings. The van der Waals surface area contributed by atoms with Gasteiger partial charge in [-0.25, -0.2) is 4.79 Å². The average molecular weight is 209 g/mol. The molecule has 1 atom stereocenters. The Hall–Kier alpha value is -1.17. The van der Waals surface area contributed by atoms with Gasteiger partial charge < -0.3 is 10.1 Å². The van der Waals surface area contributed by atoms with Crippen LogP contribution in [0.4, 0.5) is 4.79 Å². The molecule has 84 valence electrons. The quantitative estimate of drug-likeness (QED) is 0.709. The molecule has 0 aromatic heterocycles. The van der Waals surface area contributed by atoms with Crippen LogP contribution in [0.3, 0.4) is 0 Å². The molecule has 1 rings (SSSR count). The zero-order valence-electron chi connectivity index (χ0n) is 9.67. The zero-order valence-corrected chi connectivity index (χ0v) is 9.67. The predicted octanol–water partition coefficient (Wildman–Crippen LogP) is 2.31. The molecule has 1 saturated carbocycles. The number of rotatable bonds is 2. The minimum atomic E-state index is -0.469. The predicted molar refractivity (Wildman–Crippen MR) is 59.3 cm³/mol. The van der Waals surface area contributed by atoms with Crippen LogP contribution in [0.2, 0.25) is 0 Å². The second kappa shape index (κ2) is 4.57. The SMILES string of the molecule is C#C[C@H](NC(=O)OC(C)(C)C)C1CCC1. The summed E-state index contributed by atoms with van der Waals surface area (Å²) in [6, 6.07) is -0.173. The first-order valence-corrected chi connectivity index (χ1v) is 5.38. The Morgan fingerprint density at radius 3 is 2.47 bits per heavy atom. The molecule has 15 heavy (non-hydrogen) atoms. The van der Waals surface area contributed by atoms with Crippen molar-refractivity contribution in [2.75, 3.05) is 0 Å². The Morgan fingerprint density at radius 1 is 1.53 bits per heavy atom. The number of hydrogen-bond acceptors (Lipinski definition) is 2. The maximum atomic E-state index is 11.4. The van der Waals surface area contributed by atoms with E-state index >= 15 is 0 Å². The molecule has 1 fully saturated rings. The fourth-order valence-electron chi connectivity index (χ4n) is 1.50. The average Bonchev–Trinajstić information content (AvgIpc) is 1.95. The van der Waals surface area contributed by atoms with Crippen molar-refractivity contribution in [1.29, 1.82) is 0 Å². The number of ether oxygens (including phenoxy) is 1. The fourth-order valence-corrected chi connectivity index (χ4v) is 1.50. The van der Waals surface area contributed by atoms with Gasteiger partial charge in [-0.05, 0) is 39.5 Å². The van der Waals surface area contributed by atoms with Crippen molar-refractivity contribution < 1.29 is 9.53 Å². The number of hydrogen-bond donors (Lipinski definition) is 1. The first kappa shape index (κ1) is 11.9. The summed E-state index contributed by atoms with van der Waals surface area (Å²) in [6.45, 7) is 5.50. The van der Waals surface area contributed by atoms with Gasteiger partial charge in [-0.15, -0.1) is 6.42 Å². The monoisotopic (exact) mass is 209 g/mol. The van der Waals surface area contributed by atoms with Gasteiger partial charge >= 0.3 is 6.09 Å². The lowest BCUT2D eigenvalue weighted by Crippen LogP contribution is -2.44. The van der Waals surface area contributed by atoms with E-state index < -0.39 is 11.7 Å². The van der Waals surface area contributed by atoms with E-state index in [0.717, 1.165) is 12.8 Å². The number of carbonyl (C=O) groups excluding carboxylic acids is 1. The summed E-state index contributed by atoms with van der Waals surface area (Å²) in [5.74, 6) is 3.04. The van der Waals surface area contributed by atoms with Crippen LogP contribution in [0.25, 0.3) is 0 Å². The second-order valence-electron chi connectivity index (χ2n) is 4.98. The maximum Gasteiger partial charge on any atom is 0.408 e. The van der Waals surface area contributed by atoms with Crippen LogP contribution in [-0.4, -0.2) is 17.7 Å². The molecule has 0 aromatic rings. The van der Waals surface area contributed by atoms with Gasteiger partial charge in [0.1, 0.15) is 5.60 Å². The van der Waals surface area contributed by atoms with E-state index in [0.29, 0.717) is 5.92 Å². The van der Waals surface area contributed by atoms with E-state index in [9.17, 15) is 4.79 Å². The van der Waals surface area contributed by atoms with Gasteiger partial charge in [0.2, 0.25) is 0 Å². The first-order valence-electron chi connectivity index (χ1n) is 5.38. The molecule has 0 bridgehead atoms. The second-order valence-corrected chi connectivity index (χ2v) is 4.98. The smallest absolute Gasteiger partial charge is 0.408 e. The van der Waals surface area contributed by atoms with Crippen molar-refractivity contribution in [3.8, 4) is 12.3 Å². The number of amides is 1. The van der Waals surface area contributed by atoms with E-state index in [-0.39, 0.29) is 6.04 Å². The molecule has 1 aliphatic carbocycles. The molecule has 0 aromatic carbocycles. The van der Waals surface area contributed by atoms with Gasteiger partial charge in [0.25, 0.3) is 0 Å². The Kier molecular flexibility index (Phi) is 3.62. The highest BCUT2D eigenvalue weighted by atomic mass is 16.6. The van der Waals surface area contributed by atoms with Gasteiger partial charge in [-0.3, -0.25) is 0 Å². The van der Waals surface area contributed by atoms with Crippen LogP contribution < -0.4 is 5.32 Å². The van der Waals surface area contributed by atoms with E-state index in [4.69, 9.17) is 11.2 Å². The topological polar surface area (TPSA) is 38.3 Å². The molecule has 0 radical (unpaired) electrons. The highest BCUT2D eigenvalue weighted by Gasteiger charge is 2.28. The van der Waals surface area contributed by atoms with Crippen LogP contribution in [0.1, 0.15) is 40.0 Å². The summed E-state index contributed by atoms with van der Waals surface area (Å²) in [7, 11) is 0. The summed E-state index contributed by atoms with van der Waals surface area (Å²) in [4.78, 5) is 11.4. The van der Waals surface area contributed by atoms with Gasteiger partial charge in [0.15, 0.2) is 0 Å². The van der Waals surface area contributed by atoms with Crippen LogP contribution >= 0.6 is 0 Å². The van der Waals surface area contributed by atoms with Crippen molar-refractivity contribution in [3.05, 3.63) is 0 Å². The molecule has 3 heteroatoms. The van der Waals surface area contributed by atoms with Crippen LogP contribution in [0, 0.1) is 18.3 Å². The van der Waals surface area contributed by atoms with Crippen molar-refractivity contribution in [2.24, 2.45) is 5.92 Å². The minimum Gasteiger partial charge on any atom is -0.444 e. The standard InChI is InChI=1S/C12H19NO2/c1-5-10(9-7-6-8-9)13-11(14)15-12(2,3)4/h1,9-10H,6-8H2,2-4H3,(H,13,14)/t10-/m0/s1. The third kappa shape index (κ3) is 3.83. The van der Waals surface area contributed by atoms with Crippen LogP contribution in [-0.2, 0) is 4.74 Å². The van der Waals surface area contributed by atoms with Crippen molar-refractivity contribution in [3.63, 3.8) is 0 Å². The van der Waals surface area contributed by atoms with Gasteiger partial charge in [-0.2, -0.15) is 0 Å². The highest BCUT2D eigenvalue weighted by molar-refractivity contribution is 5.68. The highest BCUT2D eigenvalue weighted by Crippen LogP contribution is 2.29. The maximum absolute atomic E-state index is 11.4. The molecule has 3 nitrogen and oxygen atoms in total. The fraction of sp³-hybridized carbons (Fsp3) is 0.750.